The van der Waals surface area contributed by atoms with Gasteiger partial charge in [-0.25, -0.2) is 0 Å². The summed E-state index contributed by atoms with van der Waals surface area (Å²) in [5.41, 5.74) is 3.38. The standard InChI is InChI=1S/C15H25N5O/c1-6-8-20-15(13(21-5)10-18-20)14(16-7-2)12-9-17-19(4)11(12)3/h9-10,14,16H,6-8H2,1-5H3. The Bertz CT molecular complexity index is 587. The quantitative estimate of drug-likeness (QED) is 0.848. The first-order valence-electron chi connectivity index (χ1n) is 7.45. The number of nitrogens with one attached hydrogen (secondary N) is 1. The van der Waals surface area contributed by atoms with Crippen LogP contribution in [0.15, 0.2) is 12.4 Å². The minimum Gasteiger partial charge on any atom is -0.493 e. The van der Waals surface area contributed by atoms with Crippen molar-refractivity contribution in [3.8, 4) is 5.75 Å². The Morgan fingerprint density at radius 3 is 2.57 bits per heavy atom. The number of ether oxygens (including phenoxy) is 1. The number of hydrogen-bond acceptors (Lipinski definition) is 4. The molecule has 1 N–H and O–H groups in total. The summed E-state index contributed by atoms with van der Waals surface area (Å²) in [5.74, 6) is 0.817. The molecule has 0 aliphatic heterocycles. The first-order valence-corrected chi connectivity index (χ1v) is 7.45. The number of aromatic nitrogens is 4. The topological polar surface area (TPSA) is 56.9 Å². The Morgan fingerprint density at radius 1 is 1.29 bits per heavy atom. The van der Waals surface area contributed by atoms with Gasteiger partial charge in [0.25, 0.3) is 0 Å². The van der Waals surface area contributed by atoms with Crippen molar-refractivity contribution in [2.45, 2.75) is 39.8 Å². The monoisotopic (exact) mass is 291 g/mol. The Labute approximate surface area is 126 Å². The molecule has 0 saturated carbocycles. The lowest BCUT2D eigenvalue weighted by molar-refractivity contribution is 0.398. The third-order valence-corrected chi connectivity index (χ3v) is 3.77. The molecule has 0 spiro atoms. The fourth-order valence-electron chi connectivity index (χ4n) is 2.57. The summed E-state index contributed by atoms with van der Waals surface area (Å²) >= 11 is 0. The molecular formula is C15H25N5O. The average molecular weight is 291 g/mol. The van der Waals surface area contributed by atoms with Crippen LogP contribution in [0.25, 0.3) is 0 Å². The molecule has 1 unspecified atom stereocenters. The summed E-state index contributed by atoms with van der Waals surface area (Å²) in [6.07, 6.45) is 4.75. The molecular weight excluding hydrogens is 266 g/mol. The van der Waals surface area contributed by atoms with Crippen LogP contribution in [-0.2, 0) is 13.6 Å². The second-order valence-electron chi connectivity index (χ2n) is 5.12. The predicted molar refractivity (Wildman–Crippen MR) is 82.5 cm³/mol. The van der Waals surface area contributed by atoms with Crippen molar-refractivity contribution >= 4 is 0 Å². The maximum absolute atomic E-state index is 5.52. The second-order valence-corrected chi connectivity index (χ2v) is 5.12. The Morgan fingerprint density at radius 2 is 2.05 bits per heavy atom. The Hall–Kier alpha value is -1.82. The van der Waals surface area contributed by atoms with Crippen LogP contribution in [0.2, 0.25) is 0 Å². The fraction of sp³-hybridized carbons (Fsp3) is 0.600. The van der Waals surface area contributed by atoms with Crippen LogP contribution in [0.4, 0.5) is 0 Å². The van der Waals surface area contributed by atoms with Gasteiger partial charge in [0.2, 0.25) is 0 Å². The minimum atomic E-state index is 0.0349. The van der Waals surface area contributed by atoms with Crippen molar-refractivity contribution in [2.24, 2.45) is 7.05 Å². The van der Waals surface area contributed by atoms with E-state index in [2.05, 4.69) is 36.3 Å². The van der Waals surface area contributed by atoms with Gasteiger partial charge in [-0.2, -0.15) is 10.2 Å². The van der Waals surface area contributed by atoms with Crippen LogP contribution >= 0.6 is 0 Å². The summed E-state index contributed by atoms with van der Waals surface area (Å²) < 4.78 is 9.44. The predicted octanol–water partition coefficient (Wildman–Crippen LogP) is 2.04. The number of aryl methyl sites for hydroxylation is 2. The number of hydrogen-bond donors (Lipinski definition) is 1. The molecule has 2 aromatic rings. The van der Waals surface area contributed by atoms with Gasteiger partial charge in [0.05, 0.1) is 25.5 Å². The first kappa shape index (κ1) is 15.6. The highest BCUT2D eigenvalue weighted by atomic mass is 16.5. The summed E-state index contributed by atoms with van der Waals surface area (Å²) in [6.45, 7) is 8.07. The van der Waals surface area contributed by atoms with E-state index in [1.165, 1.54) is 0 Å². The molecule has 2 heterocycles. The molecule has 6 heteroatoms. The largest absolute Gasteiger partial charge is 0.493 e. The molecule has 116 valence electrons. The molecule has 0 saturated heterocycles. The van der Waals surface area contributed by atoms with Gasteiger partial charge >= 0.3 is 0 Å². The normalized spacial score (nSPS) is 12.6. The third-order valence-electron chi connectivity index (χ3n) is 3.77. The first-order chi connectivity index (χ1) is 10.1. The lowest BCUT2D eigenvalue weighted by Gasteiger charge is -2.20. The van der Waals surface area contributed by atoms with E-state index in [9.17, 15) is 0 Å². The van der Waals surface area contributed by atoms with Crippen molar-refractivity contribution in [1.29, 1.82) is 0 Å². The van der Waals surface area contributed by atoms with Gasteiger partial charge in [0.1, 0.15) is 5.69 Å². The van der Waals surface area contributed by atoms with E-state index in [1.807, 2.05) is 22.6 Å². The molecule has 0 amide bonds. The fourth-order valence-corrected chi connectivity index (χ4v) is 2.57. The average Bonchev–Trinajstić information content (AvgIpc) is 3.02. The van der Waals surface area contributed by atoms with E-state index in [0.717, 1.165) is 42.2 Å². The summed E-state index contributed by atoms with van der Waals surface area (Å²) in [4.78, 5) is 0. The second kappa shape index (κ2) is 6.76. The maximum Gasteiger partial charge on any atom is 0.161 e. The zero-order valence-electron chi connectivity index (χ0n) is 13.6. The van der Waals surface area contributed by atoms with Gasteiger partial charge in [-0.3, -0.25) is 9.36 Å². The van der Waals surface area contributed by atoms with Gasteiger partial charge in [-0.1, -0.05) is 13.8 Å². The number of methoxy groups -OCH3 is 1. The van der Waals surface area contributed by atoms with E-state index in [1.54, 1.807) is 13.3 Å². The number of nitrogens with zero attached hydrogens (tertiary/aromatic N) is 4. The molecule has 2 rings (SSSR count). The number of rotatable bonds is 7. The van der Waals surface area contributed by atoms with Gasteiger partial charge in [-0.15, -0.1) is 0 Å². The van der Waals surface area contributed by atoms with Crippen LogP contribution < -0.4 is 10.1 Å². The Balaban J connectivity index is 2.51. The van der Waals surface area contributed by atoms with E-state index >= 15 is 0 Å². The van der Waals surface area contributed by atoms with Crippen LogP contribution in [0.1, 0.15) is 43.3 Å². The molecule has 0 fully saturated rings. The highest BCUT2D eigenvalue weighted by Gasteiger charge is 2.25. The molecule has 0 aliphatic carbocycles. The van der Waals surface area contributed by atoms with Crippen molar-refractivity contribution in [3.05, 3.63) is 29.3 Å². The zero-order chi connectivity index (χ0) is 15.4. The highest BCUT2D eigenvalue weighted by Crippen LogP contribution is 2.31. The van der Waals surface area contributed by atoms with Crippen molar-refractivity contribution in [2.75, 3.05) is 13.7 Å². The van der Waals surface area contributed by atoms with E-state index < -0.39 is 0 Å². The van der Waals surface area contributed by atoms with E-state index in [4.69, 9.17) is 4.74 Å². The maximum atomic E-state index is 5.52. The van der Waals surface area contributed by atoms with Crippen molar-refractivity contribution < 1.29 is 4.74 Å². The summed E-state index contributed by atoms with van der Waals surface area (Å²) in [7, 11) is 3.65. The molecule has 0 bridgehead atoms. The van der Waals surface area contributed by atoms with E-state index in [0.29, 0.717) is 0 Å². The van der Waals surface area contributed by atoms with Crippen molar-refractivity contribution in [3.63, 3.8) is 0 Å². The van der Waals surface area contributed by atoms with Crippen LogP contribution in [0, 0.1) is 6.92 Å². The molecule has 0 aliphatic rings. The summed E-state index contributed by atoms with van der Waals surface area (Å²) in [5, 5.41) is 12.4. The summed E-state index contributed by atoms with van der Waals surface area (Å²) in [6, 6.07) is 0.0349. The zero-order valence-corrected chi connectivity index (χ0v) is 13.6. The van der Waals surface area contributed by atoms with Crippen LogP contribution in [0.3, 0.4) is 0 Å². The lowest BCUT2D eigenvalue weighted by Crippen LogP contribution is -2.26. The van der Waals surface area contributed by atoms with Crippen LogP contribution in [0.5, 0.6) is 5.75 Å². The molecule has 6 nitrogen and oxygen atoms in total. The van der Waals surface area contributed by atoms with E-state index in [-0.39, 0.29) is 6.04 Å². The van der Waals surface area contributed by atoms with Gasteiger partial charge in [0.15, 0.2) is 5.75 Å². The Kier molecular flexibility index (Phi) is 5.01. The van der Waals surface area contributed by atoms with Gasteiger partial charge < -0.3 is 10.1 Å². The van der Waals surface area contributed by atoms with Crippen LogP contribution in [-0.4, -0.2) is 33.2 Å². The molecule has 1 atom stereocenters. The molecule has 2 aromatic heterocycles. The van der Waals surface area contributed by atoms with Gasteiger partial charge in [0, 0.05) is 24.8 Å². The lowest BCUT2D eigenvalue weighted by atomic mass is 10.0. The minimum absolute atomic E-state index is 0.0349. The smallest absolute Gasteiger partial charge is 0.161 e. The van der Waals surface area contributed by atoms with Crippen molar-refractivity contribution in [1.82, 2.24) is 24.9 Å². The van der Waals surface area contributed by atoms with Gasteiger partial charge in [-0.05, 0) is 19.9 Å². The highest BCUT2D eigenvalue weighted by molar-refractivity contribution is 5.37. The molecule has 21 heavy (non-hydrogen) atoms. The molecule has 0 radical (unpaired) electrons. The third kappa shape index (κ3) is 2.95. The molecule has 0 aromatic carbocycles. The SMILES string of the molecule is CCCn1ncc(OC)c1C(NCC)c1cnn(C)c1C.